The van der Waals surface area contributed by atoms with Crippen LogP contribution in [0.15, 0.2) is 41.8 Å². The second kappa shape index (κ2) is 6.97. The lowest BCUT2D eigenvalue weighted by molar-refractivity contribution is 0.235. The van der Waals surface area contributed by atoms with E-state index in [1.807, 2.05) is 11.4 Å². The smallest absolute Gasteiger partial charge is 0.315 e. The number of rotatable bonds is 4. The molecule has 0 spiro atoms. The van der Waals surface area contributed by atoms with Crippen molar-refractivity contribution in [2.75, 3.05) is 0 Å². The highest BCUT2D eigenvalue weighted by Gasteiger charge is 2.21. The maximum atomic E-state index is 12.3. The lowest BCUT2D eigenvalue weighted by atomic mass is 10.0. The van der Waals surface area contributed by atoms with Gasteiger partial charge in [-0.2, -0.15) is 0 Å². The molecule has 2 aromatic rings. The standard InChI is InChI=1S/C18H22N2OS/c1-13-8-10-14(11-9-13)17(16-7-4-12-22-16)20-18(21)19-15-5-2-3-6-15/h4,7-12,15,17H,2-3,5-6H2,1H3,(H2,19,20,21)/t17-/m0/s1. The van der Waals surface area contributed by atoms with Gasteiger partial charge >= 0.3 is 6.03 Å². The number of urea groups is 1. The number of hydrogen-bond donors (Lipinski definition) is 2. The van der Waals surface area contributed by atoms with E-state index in [1.165, 1.54) is 18.4 Å². The van der Waals surface area contributed by atoms with E-state index in [0.29, 0.717) is 6.04 Å². The van der Waals surface area contributed by atoms with Crippen LogP contribution in [0.4, 0.5) is 4.79 Å². The average molecular weight is 314 g/mol. The first-order valence-electron chi connectivity index (χ1n) is 7.89. The van der Waals surface area contributed by atoms with Crippen LogP contribution in [0.1, 0.15) is 47.7 Å². The van der Waals surface area contributed by atoms with Crippen molar-refractivity contribution >= 4 is 17.4 Å². The van der Waals surface area contributed by atoms with Crippen LogP contribution in [0.3, 0.4) is 0 Å². The highest BCUT2D eigenvalue weighted by Crippen LogP contribution is 2.26. The molecule has 0 aliphatic heterocycles. The molecular weight excluding hydrogens is 292 g/mol. The van der Waals surface area contributed by atoms with Gasteiger partial charge in [-0.05, 0) is 36.8 Å². The van der Waals surface area contributed by atoms with E-state index in [4.69, 9.17) is 0 Å². The first-order chi connectivity index (χ1) is 10.7. The second-order valence-corrected chi connectivity index (χ2v) is 6.94. The molecule has 2 amide bonds. The fraction of sp³-hybridized carbons (Fsp3) is 0.389. The Hall–Kier alpha value is -1.81. The van der Waals surface area contributed by atoms with Crippen molar-refractivity contribution in [3.63, 3.8) is 0 Å². The maximum Gasteiger partial charge on any atom is 0.315 e. The van der Waals surface area contributed by atoms with E-state index >= 15 is 0 Å². The van der Waals surface area contributed by atoms with Crippen LogP contribution in [-0.4, -0.2) is 12.1 Å². The molecule has 1 aliphatic carbocycles. The Bertz CT molecular complexity index is 601. The summed E-state index contributed by atoms with van der Waals surface area (Å²) in [5.74, 6) is 0. The molecule has 3 nitrogen and oxygen atoms in total. The van der Waals surface area contributed by atoms with Crippen molar-refractivity contribution in [1.29, 1.82) is 0 Å². The maximum absolute atomic E-state index is 12.3. The summed E-state index contributed by atoms with van der Waals surface area (Å²) in [4.78, 5) is 13.5. The van der Waals surface area contributed by atoms with Gasteiger partial charge in [0.2, 0.25) is 0 Å². The third-order valence-electron chi connectivity index (χ3n) is 4.20. The van der Waals surface area contributed by atoms with Crippen molar-refractivity contribution in [1.82, 2.24) is 10.6 Å². The van der Waals surface area contributed by atoms with Gasteiger partial charge in [0.15, 0.2) is 0 Å². The number of carbonyl (C=O) groups is 1. The molecule has 22 heavy (non-hydrogen) atoms. The number of carbonyl (C=O) groups excluding carboxylic acids is 1. The fourth-order valence-electron chi connectivity index (χ4n) is 2.96. The normalized spacial score (nSPS) is 16.4. The first kappa shape index (κ1) is 15.1. The molecule has 0 saturated heterocycles. The molecule has 1 aliphatic rings. The van der Waals surface area contributed by atoms with Gasteiger partial charge in [-0.3, -0.25) is 0 Å². The Morgan fingerprint density at radius 3 is 2.55 bits per heavy atom. The Kier molecular flexibility index (Phi) is 4.78. The van der Waals surface area contributed by atoms with Gasteiger partial charge in [-0.25, -0.2) is 4.79 Å². The summed E-state index contributed by atoms with van der Waals surface area (Å²) in [5.41, 5.74) is 2.35. The van der Waals surface area contributed by atoms with E-state index in [-0.39, 0.29) is 12.1 Å². The Morgan fingerprint density at radius 1 is 1.18 bits per heavy atom. The molecule has 1 aromatic carbocycles. The van der Waals surface area contributed by atoms with Crippen molar-refractivity contribution < 1.29 is 4.79 Å². The lowest BCUT2D eigenvalue weighted by Gasteiger charge is -2.20. The number of nitrogens with one attached hydrogen (secondary N) is 2. The minimum Gasteiger partial charge on any atom is -0.335 e. The topological polar surface area (TPSA) is 41.1 Å². The van der Waals surface area contributed by atoms with Gasteiger partial charge < -0.3 is 10.6 Å². The van der Waals surface area contributed by atoms with E-state index in [9.17, 15) is 4.79 Å². The number of amides is 2. The van der Waals surface area contributed by atoms with Crippen LogP contribution in [0, 0.1) is 6.92 Å². The van der Waals surface area contributed by atoms with Crippen LogP contribution in [-0.2, 0) is 0 Å². The minimum absolute atomic E-state index is 0.0640. The molecule has 0 unspecified atom stereocenters. The molecule has 1 aromatic heterocycles. The van der Waals surface area contributed by atoms with Gasteiger partial charge in [0.05, 0.1) is 6.04 Å². The summed E-state index contributed by atoms with van der Waals surface area (Å²) in [5, 5.41) is 8.30. The number of thiophene rings is 1. The zero-order valence-corrected chi connectivity index (χ0v) is 13.7. The molecule has 4 heteroatoms. The van der Waals surface area contributed by atoms with Crippen molar-refractivity contribution in [2.45, 2.75) is 44.7 Å². The highest BCUT2D eigenvalue weighted by molar-refractivity contribution is 7.10. The third-order valence-corrected chi connectivity index (χ3v) is 5.14. The quantitative estimate of drug-likeness (QED) is 0.863. The van der Waals surface area contributed by atoms with Gasteiger partial charge in [-0.15, -0.1) is 11.3 Å². The number of hydrogen-bond acceptors (Lipinski definition) is 2. The van der Waals surface area contributed by atoms with Gasteiger partial charge in [0.25, 0.3) is 0 Å². The molecule has 0 bridgehead atoms. The highest BCUT2D eigenvalue weighted by atomic mass is 32.1. The zero-order chi connectivity index (χ0) is 15.4. The molecule has 3 rings (SSSR count). The molecule has 1 atom stereocenters. The average Bonchev–Trinajstić information content (AvgIpc) is 3.19. The van der Waals surface area contributed by atoms with Crippen LogP contribution >= 0.6 is 11.3 Å². The SMILES string of the molecule is Cc1ccc([C@H](NC(=O)NC2CCCC2)c2cccs2)cc1. The van der Waals surface area contributed by atoms with Crippen LogP contribution in [0.25, 0.3) is 0 Å². The van der Waals surface area contributed by atoms with Gasteiger partial charge in [0.1, 0.15) is 0 Å². The van der Waals surface area contributed by atoms with Crippen LogP contribution in [0.2, 0.25) is 0 Å². The summed E-state index contributed by atoms with van der Waals surface area (Å²) in [6.07, 6.45) is 4.64. The largest absolute Gasteiger partial charge is 0.335 e. The Morgan fingerprint density at radius 2 is 1.91 bits per heavy atom. The fourth-order valence-corrected chi connectivity index (χ4v) is 3.76. The molecule has 1 saturated carbocycles. The molecular formula is C18H22N2OS. The Labute approximate surface area is 135 Å². The van der Waals surface area contributed by atoms with E-state index < -0.39 is 0 Å². The summed E-state index contributed by atoms with van der Waals surface area (Å²) in [6.45, 7) is 2.07. The molecule has 2 N–H and O–H groups in total. The second-order valence-electron chi connectivity index (χ2n) is 5.96. The van der Waals surface area contributed by atoms with E-state index in [2.05, 4.69) is 47.9 Å². The Balaban J connectivity index is 1.74. The third kappa shape index (κ3) is 3.69. The molecule has 1 fully saturated rings. The number of benzene rings is 1. The molecule has 116 valence electrons. The van der Waals surface area contributed by atoms with E-state index in [0.717, 1.165) is 23.3 Å². The summed E-state index contributed by atoms with van der Waals surface area (Å²) in [6, 6.07) is 12.7. The van der Waals surface area contributed by atoms with Gasteiger partial charge in [-0.1, -0.05) is 48.7 Å². The first-order valence-corrected chi connectivity index (χ1v) is 8.77. The van der Waals surface area contributed by atoms with Crippen molar-refractivity contribution in [3.8, 4) is 0 Å². The van der Waals surface area contributed by atoms with Crippen molar-refractivity contribution in [3.05, 3.63) is 57.8 Å². The molecule has 1 heterocycles. The van der Waals surface area contributed by atoms with Gasteiger partial charge in [0, 0.05) is 10.9 Å². The zero-order valence-electron chi connectivity index (χ0n) is 12.8. The van der Waals surface area contributed by atoms with Crippen molar-refractivity contribution in [2.24, 2.45) is 0 Å². The predicted octanol–water partition coefficient (Wildman–Crippen LogP) is 4.39. The summed E-state index contributed by atoms with van der Waals surface area (Å²) >= 11 is 1.67. The van der Waals surface area contributed by atoms with Crippen LogP contribution in [0.5, 0.6) is 0 Å². The van der Waals surface area contributed by atoms with Crippen LogP contribution < -0.4 is 10.6 Å². The predicted molar refractivity (Wildman–Crippen MR) is 91.3 cm³/mol. The minimum atomic E-state index is -0.0815. The summed E-state index contributed by atoms with van der Waals surface area (Å²) < 4.78 is 0. The van der Waals surface area contributed by atoms with E-state index in [1.54, 1.807) is 11.3 Å². The lowest BCUT2D eigenvalue weighted by Crippen LogP contribution is -2.42. The molecule has 0 radical (unpaired) electrons. The number of aryl methyl sites for hydroxylation is 1. The monoisotopic (exact) mass is 314 g/mol. The summed E-state index contributed by atoms with van der Waals surface area (Å²) in [7, 11) is 0.